The minimum Gasteiger partial charge on any atom is -0.496 e. The molecule has 0 aliphatic carbocycles. The minimum atomic E-state index is -4.55. The summed E-state index contributed by atoms with van der Waals surface area (Å²) in [6, 6.07) is 9.75. The zero-order valence-electron chi connectivity index (χ0n) is 15.4. The summed E-state index contributed by atoms with van der Waals surface area (Å²) in [5.41, 5.74) is -0.443. The third kappa shape index (κ3) is 4.79. The normalized spacial score (nSPS) is 11.4. The average molecular weight is 458 g/mol. The molecule has 0 saturated heterocycles. The molecule has 0 bridgehead atoms. The van der Waals surface area contributed by atoms with E-state index >= 15 is 0 Å². The molecule has 0 saturated carbocycles. The highest BCUT2D eigenvalue weighted by atomic mass is 35.5. The number of aromatic nitrogens is 3. The van der Waals surface area contributed by atoms with Gasteiger partial charge in [-0.05, 0) is 30.3 Å². The van der Waals surface area contributed by atoms with Crippen molar-refractivity contribution in [3.8, 4) is 17.1 Å². The van der Waals surface area contributed by atoms with Gasteiger partial charge >= 0.3 is 6.18 Å². The first-order valence-corrected chi connectivity index (χ1v) is 9.70. The Labute approximate surface area is 178 Å². The number of ether oxygens (including phenoxy) is 1. The third-order valence-electron chi connectivity index (χ3n) is 3.91. The lowest BCUT2D eigenvalue weighted by atomic mass is 10.2. The number of hydrogen-bond donors (Lipinski definition) is 2. The molecule has 1 heterocycles. The number of carbonyl (C=O) groups excluding carboxylic acids is 1. The van der Waals surface area contributed by atoms with Crippen LogP contribution in [-0.2, 0) is 11.0 Å². The summed E-state index contributed by atoms with van der Waals surface area (Å²) in [4.78, 5) is 12.2. The molecule has 158 valence electrons. The second kappa shape index (κ2) is 8.84. The van der Waals surface area contributed by atoms with Crippen molar-refractivity contribution < 1.29 is 22.7 Å². The number of para-hydroxylation sites is 1. The van der Waals surface area contributed by atoms with Crippen LogP contribution in [0.5, 0.6) is 5.75 Å². The van der Waals surface area contributed by atoms with E-state index in [1.54, 1.807) is 24.3 Å². The van der Waals surface area contributed by atoms with Crippen molar-refractivity contribution in [2.45, 2.75) is 11.3 Å². The minimum absolute atomic E-state index is 0.0122. The Hall–Kier alpha value is -2.92. The van der Waals surface area contributed by atoms with Crippen LogP contribution in [0.4, 0.5) is 18.9 Å². The van der Waals surface area contributed by atoms with Crippen LogP contribution in [0.2, 0.25) is 5.02 Å². The van der Waals surface area contributed by atoms with Gasteiger partial charge in [0.05, 0.1) is 34.7 Å². The molecule has 0 aliphatic rings. The Morgan fingerprint density at radius 2 is 2.00 bits per heavy atom. The number of rotatable bonds is 6. The molecule has 3 rings (SSSR count). The van der Waals surface area contributed by atoms with Crippen LogP contribution in [0.25, 0.3) is 11.4 Å². The number of nitrogens with zero attached hydrogens (tertiary/aromatic N) is 3. The number of carbonyl (C=O) groups is 1. The standard InChI is InChI=1S/C18H15ClF3N5O2S/c1-29-14-5-3-2-4-11(14)16-25-26-17(27(16)23)30-9-15(28)24-13-8-10(18(20,21)22)6-7-12(13)19/h2-8H,9,23H2,1H3,(H,24,28). The smallest absolute Gasteiger partial charge is 0.416 e. The predicted molar refractivity (Wildman–Crippen MR) is 108 cm³/mol. The summed E-state index contributed by atoms with van der Waals surface area (Å²) >= 11 is 6.85. The number of anilines is 1. The quantitative estimate of drug-likeness (QED) is 0.428. The number of halogens is 4. The highest BCUT2D eigenvalue weighted by Crippen LogP contribution is 2.34. The van der Waals surface area contributed by atoms with E-state index < -0.39 is 17.6 Å². The van der Waals surface area contributed by atoms with Gasteiger partial charge in [0.1, 0.15) is 5.75 Å². The van der Waals surface area contributed by atoms with Gasteiger partial charge in [0.25, 0.3) is 0 Å². The number of thioether (sulfide) groups is 1. The first-order chi connectivity index (χ1) is 14.2. The molecule has 2 aromatic carbocycles. The number of hydrogen-bond acceptors (Lipinski definition) is 6. The van der Waals surface area contributed by atoms with Crippen molar-refractivity contribution in [2.75, 3.05) is 24.0 Å². The number of methoxy groups -OCH3 is 1. The summed E-state index contributed by atoms with van der Waals surface area (Å²) < 4.78 is 45.0. The highest BCUT2D eigenvalue weighted by molar-refractivity contribution is 7.99. The first kappa shape index (κ1) is 21.8. The summed E-state index contributed by atoms with van der Waals surface area (Å²) in [6.07, 6.45) is -4.55. The zero-order valence-corrected chi connectivity index (χ0v) is 17.0. The van der Waals surface area contributed by atoms with Crippen molar-refractivity contribution in [3.05, 3.63) is 53.1 Å². The molecule has 1 aromatic heterocycles. The summed E-state index contributed by atoms with van der Waals surface area (Å²) in [7, 11) is 1.51. The van der Waals surface area contributed by atoms with Crippen LogP contribution in [0, 0.1) is 0 Å². The number of alkyl halides is 3. The molecule has 0 aliphatic heterocycles. The number of nitrogens with one attached hydrogen (secondary N) is 1. The fraction of sp³-hybridized carbons (Fsp3) is 0.167. The molecule has 0 unspecified atom stereocenters. The van der Waals surface area contributed by atoms with Gasteiger partial charge in [0, 0.05) is 0 Å². The Kier molecular flexibility index (Phi) is 6.42. The SMILES string of the molecule is COc1ccccc1-c1nnc(SCC(=O)Nc2cc(C(F)(F)F)ccc2Cl)n1N. The largest absolute Gasteiger partial charge is 0.496 e. The van der Waals surface area contributed by atoms with E-state index in [0.29, 0.717) is 17.1 Å². The molecule has 0 spiro atoms. The number of nitrogen functional groups attached to an aromatic ring is 1. The lowest BCUT2D eigenvalue weighted by Crippen LogP contribution is -2.17. The second-order valence-electron chi connectivity index (χ2n) is 5.91. The van der Waals surface area contributed by atoms with Crippen LogP contribution in [0.3, 0.4) is 0 Å². The van der Waals surface area contributed by atoms with Gasteiger partial charge in [-0.25, -0.2) is 4.68 Å². The Morgan fingerprint density at radius 3 is 2.70 bits per heavy atom. The van der Waals surface area contributed by atoms with E-state index in [0.717, 1.165) is 30.0 Å². The number of amides is 1. The average Bonchev–Trinajstić information content (AvgIpc) is 3.07. The van der Waals surface area contributed by atoms with E-state index in [2.05, 4.69) is 15.5 Å². The van der Waals surface area contributed by atoms with Gasteiger partial charge in [-0.15, -0.1) is 10.2 Å². The maximum absolute atomic E-state index is 12.8. The van der Waals surface area contributed by atoms with E-state index in [1.807, 2.05) is 0 Å². The topological polar surface area (TPSA) is 95.1 Å². The van der Waals surface area contributed by atoms with Crippen LogP contribution in [-0.4, -0.2) is 33.6 Å². The molecule has 0 atom stereocenters. The van der Waals surface area contributed by atoms with Gasteiger partial charge in [0.15, 0.2) is 5.82 Å². The van der Waals surface area contributed by atoms with Crippen molar-refractivity contribution >= 4 is 35.0 Å². The monoisotopic (exact) mass is 457 g/mol. The van der Waals surface area contributed by atoms with Crippen molar-refractivity contribution in [2.24, 2.45) is 0 Å². The van der Waals surface area contributed by atoms with Crippen LogP contribution in [0.15, 0.2) is 47.6 Å². The molecule has 1 amide bonds. The van der Waals surface area contributed by atoms with E-state index in [9.17, 15) is 18.0 Å². The van der Waals surface area contributed by atoms with Gasteiger partial charge in [-0.1, -0.05) is 35.5 Å². The van der Waals surface area contributed by atoms with Crippen molar-refractivity contribution in [1.29, 1.82) is 0 Å². The lowest BCUT2D eigenvalue weighted by molar-refractivity contribution is -0.137. The molecule has 12 heteroatoms. The first-order valence-electron chi connectivity index (χ1n) is 8.34. The summed E-state index contributed by atoms with van der Waals surface area (Å²) in [5.74, 6) is 6.15. The fourth-order valence-corrected chi connectivity index (χ4v) is 3.32. The van der Waals surface area contributed by atoms with E-state index in [4.69, 9.17) is 22.2 Å². The maximum atomic E-state index is 12.8. The maximum Gasteiger partial charge on any atom is 0.416 e. The Bertz CT molecular complexity index is 1070. The predicted octanol–water partition coefficient (Wildman–Crippen LogP) is 4.07. The molecular formula is C18H15ClF3N5O2S. The molecule has 30 heavy (non-hydrogen) atoms. The second-order valence-corrected chi connectivity index (χ2v) is 7.26. The zero-order chi connectivity index (χ0) is 21.9. The molecule has 0 radical (unpaired) electrons. The molecule has 7 nitrogen and oxygen atoms in total. The number of benzene rings is 2. The Morgan fingerprint density at radius 1 is 1.27 bits per heavy atom. The highest BCUT2D eigenvalue weighted by Gasteiger charge is 2.31. The van der Waals surface area contributed by atoms with Crippen LogP contribution < -0.4 is 15.9 Å². The summed E-state index contributed by atoms with van der Waals surface area (Å²) in [6.45, 7) is 0. The van der Waals surface area contributed by atoms with Gasteiger partial charge in [-0.2, -0.15) is 13.2 Å². The van der Waals surface area contributed by atoms with E-state index in [-0.39, 0.29) is 21.6 Å². The van der Waals surface area contributed by atoms with Gasteiger partial charge < -0.3 is 15.9 Å². The Balaban J connectivity index is 1.70. The van der Waals surface area contributed by atoms with Crippen molar-refractivity contribution in [1.82, 2.24) is 14.9 Å². The summed E-state index contributed by atoms with van der Waals surface area (Å²) in [5, 5.41) is 10.6. The van der Waals surface area contributed by atoms with Crippen molar-refractivity contribution in [3.63, 3.8) is 0 Å². The lowest BCUT2D eigenvalue weighted by Gasteiger charge is -2.11. The molecule has 3 N–H and O–H groups in total. The molecule has 3 aromatic rings. The number of nitrogens with two attached hydrogens (primary N) is 1. The van der Waals surface area contributed by atoms with Gasteiger partial charge in [-0.3, -0.25) is 4.79 Å². The fourth-order valence-electron chi connectivity index (χ4n) is 2.50. The van der Waals surface area contributed by atoms with Gasteiger partial charge in [0.2, 0.25) is 11.1 Å². The molecular weight excluding hydrogens is 443 g/mol. The van der Waals surface area contributed by atoms with Crippen LogP contribution in [0.1, 0.15) is 5.56 Å². The molecule has 0 fully saturated rings. The van der Waals surface area contributed by atoms with E-state index in [1.165, 1.54) is 11.8 Å². The van der Waals surface area contributed by atoms with Crippen LogP contribution >= 0.6 is 23.4 Å². The third-order valence-corrected chi connectivity index (χ3v) is 5.19.